The van der Waals surface area contributed by atoms with E-state index >= 15 is 0 Å². The summed E-state index contributed by atoms with van der Waals surface area (Å²) in [7, 11) is 1.87. The molecule has 0 aliphatic carbocycles. The SMILES string of the molecule is CC(=O)OCC(CCc1cn2c(-c3cnn(C)c3)cnc2c(NC2=CC(C)NS2)n1)NC(=O)OC(C)(C)C. The summed E-state index contributed by atoms with van der Waals surface area (Å²) in [6.07, 6.45) is 9.93. The van der Waals surface area contributed by atoms with Crippen LogP contribution in [0.3, 0.4) is 0 Å². The molecule has 13 heteroatoms. The first-order chi connectivity index (χ1) is 18.0. The van der Waals surface area contributed by atoms with Gasteiger partial charge in [0.25, 0.3) is 0 Å². The molecule has 2 unspecified atom stereocenters. The van der Waals surface area contributed by atoms with E-state index in [1.807, 2.05) is 23.8 Å². The maximum absolute atomic E-state index is 12.4. The van der Waals surface area contributed by atoms with Crippen LogP contribution >= 0.6 is 11.9 Å². The number of hydrogen-bond acceptors (Lipinski definition) is 10. The molecule has 204 valence electrons. The fourth-order valence-electron chi connectivity index (χ4n) is 3.86. The molecular weight excluding hydrogens is 508 g/mol. The Morgan fingerprint density at radius 3 is 2.68 bits per heavy atom. The van der Waals surface area contributed by atoms with Crippen LogP contribution in [0.5, 0.6) is 0 Å². The predicted octanol–water partition coefficient (Wildman–Crippen LogP) is 3.41. The van der Waals surface area contributed by atoms with Crippen LogP contribution in [0.25, 0.3) is 16.9 Å². The Hall–Kier alpha value is -3.58. The average Bonchev–Trinajstić information content (AvgIpc) is 3.54. The van der Waals surface area contributed by atoms with E-state index in [9.17, 15) is 9.59 Å². The van der Waals surface area contributed by atoms with Gasteiger partial charge < -0.3 is 20.1 Å². The van der Waals surface area contributed by atoms with Crippen molar-refractivity contribution in [2.45, 2.75) is 65.1 Å². The van der Waals surface area contributed by atoms with E-state index in [-0.39, 0.29) is 12.6 Å². The normalized spacial score (nSPS) is 16.3. The number of nitrogens with zero attached hydrogens (tertiary/aromatic N) is 5. The van der Waals surface area contributed by atoms with E-state index in [0.29, 0.717) is 24.3 Å². The van der Waals surface area contributed by atoms with Crippen molar-refractivity contribution >= 4 is 35.5 Å². The summed E-state index contributed by atoms with van der Waals surface area (Å²) in [4.78, 5) is 33.3. The molecule has 4 heterocycles. The van der Waals surface area contributed by atoms with Crippen molar-refractivity contribution in [3.05, 3.63) is 41.6 Å². The summed E-state index contributed by atoms with van der Waals surface area (Å²) < 4.78 is 17.6. The number of rotatable bonds is 9. The third kappa shape index (κ3) is 7.25. The molecule has 12 nitrogen and oxygen atoms in total. The molecule has 0 saturated heterocycles. The highest BCUT2D eigenvalue weighted by Crippen LogP contribution is 2.28. The number of fused-ring (bicyclic) bond motifs is 1. The Kier molecular flexibility index (Phi) is 8.26. The van der Waals surface area contributed by atoms with Crippen LogP contribution in [-0.2, 0) is 27.7 Å². The van der Waals surface area contributed by atoms with E-state index in [0.717, 1.165) is 22.0 Å². The summed E-state index contributed by atoms with van der Waals surface area (Å²) in [5.74, 6) is 0.195. The van der Waals surface area contributed by atoms with Gasteiger partial charge >= 0.3 is 12.1 Å². The number of carbonyl (C=O) groups excluding carboxylic acids is 2. The first kappa shape index (κ1) is 27.5. The zero-order valence-corrected chi connectivity index (χ0v) is 23.3. The Morgan fingerprint density at radius 1 is 1.26 bits per heavy atom. The number of esters is 1. The van der Waals surface area contributed by atoms with Crippen LogP contribution in [0.4, 0.5) is 10.6 Å². The smallest absolute Gasteiger partial charge is 0.407 e. The van der Waals surface area contributed by atoms with Crippen LogP contribution in [-0.4, -0.2) is 60.5 Å². The molecule has 0 spiro atoms. The highest BCUT2D eigenvalue weighted by Gasteiger charge is 2.22. The van der Waals surface area contributed by atoms with Crippen LogP contribution in [0.1, 0.15) is 46.7 Å². The van der Waals surface area contributed by atoms with Gasteiger partial charge in [-0.25, -0.2) is 14.8 Å². The molecule has 3 N–H and O–H groups in total. The average molecular weight is 543 g/mol. The minimum absolute atomic E-state index is 0.0288. The molecule has 1 aliphatic rings. The van der Waals surface area contributed by atoms with E-state index in [4.69, 9.17) is 14.5 Å². The first-order valence-electron chi connectivity index (χ1n) is 12.4. The molecule has 1 amide bonds. The lowest BCUT2D eigenvalue weighted by molar-refractivity contribution is -0.141. The monoisotopic (exact) mass is 542 g/mol. The van der Waals surface area contributed by atoms with Gasteiger partial charge in [0.05, 0.1) is 34.9 Å². The zero-order chi connectivity index (χ0) is 27.4. The van der Waals surface area contributed by atoms with Gasteiger partial charge in [-0.2, -0.15) is 5.10 Å². The number of anilines is 1. The third-order valence-electron chi connectivity index (χ3n) is 5.50. The number of nitrogens with one attached hydrogen (secondary N) is 3. The fraction of sp³-hybridized carbons (Fsp3) is 0.480. The van der Waals surface area contributed by atoms with E-state index in [2.05, 4.69) is 38.4 Å². The van der Waals surface area contributed by atoms with E-state index in [1.54, 1.807) is 37.8 Å². The molecule has 0 aromatic carbocycles. The second-order valence-corrected chi connectivity index (χ2v) is 11.0. The Balaban J connectivity index is 1.61. The van der Waals surface area contributed by atoms with Crippen molar-refractivity contribution in [2.75, 3.05) is 11.9 Å². The lowest BCUT2D eigenvalue weighted by atomic mass is 10.1. The molecule has 3 aromatic heterocycles. The molecule has 38 heavy (non-hydrogen) atoms. The van der Waals surface area contributed by atoms with Crippen LogP contribution in [0, 0.1) is 0 Å². The lowest BCUT2D eigenvalue weighted by Crippen LogP contribution is -2.42. The topological polar surface area (TPSA) is 137 Å². The largest absolute Gasteiger partial charge is 0.464 e. The van der Waals surface area contributed by atoms with Gasteiger partial charge in [-0.05, 0) is 58.6 Å². The standard InChI is InChI=1S/C25H34N8O4S/c1-15-9-21(38-31-15)30-22-23-26-11-20(17-10-27-32(6)12-17)33(23)13-18(28-22)7-8-19(14-36-16(2)34)29-24(35)37-25(3,4)5/h9-13,15,19,31H,7-8,14H2,1-6H3,(H,28,30)(H,29,35). The van der Waals surface area contributed by atoms with E-state index in [1.165, 1.54) is 18.9 Å². The second-order valence-electron chi connectivity index (χ2n) is 10.2. The molecule has 0 radical (unpaired) electrons. The third-order valence-corrected chi connectivity index (χ3v) is 6.45. The Morgan fingerprint density at radius 2 is 2.05 bits per heavy atom. The number of aryl methyl sites for hydroxylation is 2. The van der Waals surface area contributed by atoms with E-state index < -0.39 is 23.7 Å². The van der Waals surface area contributed by atoms with Gasteiger partial charge in [-0.1, -0.05) is 0 Å². The fourth-order valence-corrected chi connectivity index (χ4v) is 4.66. The molecular formula is C25H34N8O4S. The van der Waals surface area contributed by atoms with Crippen molar-refractivity contribution in [3.63, 3.8) is 0 Å². The molecule has 0 fully saturated rings. The molecule has 0 bridgehead atoms. The van der Waals surface area contributed by atoms with Crippen molar-refractivity contribution in [3.8, 4) is 11.3 Å². The number of alkyl carbamates (subject to hydrolysis) is 1. The Bertz CT molecular complexity index is 1340. The Labute approximate surface area is 225 Å². The number of hydrogen-bond donors (Lipinski definition) is 3. The summed E-state index contributed by atoms with van der Waals surface area (Å²) in [6, 6.07) is -0.227. The van der Waals surface area contributed by atoms with Crippen molar-refractivity contribution in [2.24, 2.45) is 7.05 Å². The molecule has 4 rings (SSSR count). The second kappa shape index (κ2) is 11.4. The van der Waals surface area contributed by atoms with Gasteiger partial charge in [-0.15, -0.1) is 0 Å². The lowest BCUT2D eigenvalue weighted by Gasteiger charge is -2.23. The quantitative estimate of drug-likeness (QED) is 0.272. The zero-order valence-electron chi connectivity index (χ0n) is 22.4. The molecule has 2 atom stereocenters. The number of imidazole rings is 1. The highest BCUT2D eigenvalue weighted by molar-refractivity contribution is 8.01. The van der Waals surface area contributed by atoms with Crippen LogP contribution < -0.4 is 15.4 Å². The summed E-state index contributed by atoms with van der Waals surface area (Å²) in [5.41, 5.74) is 2.60. The summed E-state index contributed by atoms with van der Waals surface area (Å²) in [5, 5.41) is 11.4. The van der Waals surface area contributed by atoms with Gasteiger partial charge in [0, 0.05) is 38.0 Å². The predicted molar refractivity (Wildman–Crippen MR) is 145 cm³/mol. The van der Waals surface area contributed by atoms with Crippen molar-refractivity contribution in [1.29, 1.82) is 0 Å². The molecule has 1 aliphatic heterocycles. The minimum atomic E-state index is -0.646. The number of aromatic nitrogens is 5. The maximum atomic E-state index is 12.4. The van der Waals surface area contributed by atoms with Gasteiger partial charge in [0.1, 0.15) is 12.2 Å². The molecule has 0 saturated carbocycles. The van der Waals surface area contributed by atoms with Crippen LogP contribution in [0.15, 0.2) is 35.9 Å². The minimum Gasteiger partial charge on any atom is -0.464 e. The molecule has 3 aromatic rings. The van der Waals surface area contributed by atoms with Crippen molar-refractivity contribution in [1.82, 2.24) is 34.2 Å². The van der Waals surface area contributed by atoms with Gasteiger partial charge in [0.2, 0.25) is 0 Å². The highest BCUT2D eigenvalue weighted by atomic mass is 32.2. The van der Waals surface area contributed by atoms with Crippen molar-refractivity contribution < 1.29 is 19.1 Å². The summed E-state index contributed by atoms with van der Waals surface area (Å²) in [6.45, 7) is 8.81. The van der Waals surface area contributed by atoms with Gasteiger partial charge in [-0.3, -0.25) is 18.6 Å². The number of amides is 1. The maximum Gasteiger partial charge on any atom is 0.407 e. The number of ether oxygens (including phenoxy) is 2. The van der Waals surface area contributed by atoms with Gasteiger partial charge in [0.15, 0.2) is 11.5 Å². The first-order valence-corrected chi connectivity index (χ1v) is 13.2. The summed E-state index contributed by atoms with van der Waals surface area (Å²) >= 11 is 1.50. The van der Waals surface area contributed by atoms with Crippen LogP contribution in [0.2, 0.25) is 0 Å². The number of carbonyl (C=O) groups is 2.